The van der Waals surface area contributed by atoms with Crippen molar-refractivity contribution < 1.29 is 17.9 Å². The van der Waals surface area contributed by atoms with E-state index in [0.29, 0.717) is 29.4 Å². The highest BCUT2D eigenvalue weighted by atomic mass is 19.4. The minimum Gasteiger partial charge on any atom is -0.406 e. The molecule has 6 nitrogen and oxygen atoms in total. The molecule has 0 saturated carbocycles. The lowest BCUT2D eigenvalue weighted by molar-refractivity contribution is -0.274. The Hall–Kier alpha value is -2.63. The largest absolute Gasteiger partial charge is 0.573 e. The van der Waals surface area contributed by atoms with Gasteiger partial charge >= 0.3 is 6.36 Å². The maximum absolute atomic E-state index is 12.3. The van der Waals surface area contributed by atoms with Crippen LogP contribution in [0.2, 0.25) is 0 Å². The van der Waals surface area contributed by atoms with Crippen LogP contribution in [0.15, 0.2) is 18.2 Å². The average molecular weight is 337 g/mol. The Bertz CT molecular complexity index is 812. The number of anilines is 1. The number of rotatable bonds is 2. The summed E-state index contributed by atoms with van der Waals surface area (Å²) in [5.41, 5.74) is 1.07. The smallest absolute Gasteiger partial charge is 0.406 e. The lowest BCUT2D eigenvalue weighted by Crippen LogP contribution is -2.35. The molecule has 0 amide bonds. The van der Waals surface area contributed by atoms with Crippen LogP contribution in [0.3, 0.4) is 0 Å². The van der Waals surface area contributed by atoms with Crippen LogP contribution >= 0.6 is 0 Å². The first-order valence-electron chi connectivity index (χ1n) is 7.60. The van der Waals surface area contributed by atoms with E-state index in [1.165, 1.54) is 18.2 Å². The standard InChI is InChI=1S/C15H14F3N5O/c16-15(17,18)24-10-1-2-11-12(5-10)21-14(20-11)23-4-3-9-6-22(8-19)7-13(9)23/h1-2,5,9,13H,3-4,6-7H2,(H,20,21)/t9-,13+/m1/s1. The third-order valence-electron chi connectivity index (χ3n) is 4.64. The van der Waals surface area contributed by atoms with Crippen LogP contribution in [0.25, 0.3) is 11.0 Å². The molecule has 4 rings (SSSR count). The highest BCUT2D eigenvalue weighted by Gasteiger charge is 2.42. The first-order valence-corrected chi connectivity index (χ1v) is 7.60. The van der Waals surface area contributed by atoms with Gasteiger partial charge in [-0.25, -0.2) is 4.98 Å². The van der Waals surface area contributed by atoms with Crippen molar-refractivity contribution in [3.63, 3.8) is 0 Å². The molecule has 2 atom stereocenters. The van der Waals surface area contributed by atoms with Gasteiger partial charge in [0, 0.05) is 31.6 Å². The summed E-state index contributed by atoms with van der Waals surface area (Å²) in [5.74, 6) is 0.768. The molecule has 9 heteroatoms. The number of alkyl halides is 3. The van der Waals surface area contributed by atoms with E-state index in [1.54, 1.807) is 4.90 Å². The minimum atomic E-state index is -4.72. The van der Waals surface area contributed by atoms with Gasteiger partial charge in [-0.2, -0.15) is 5.26 Å². The molecule has 0 bridgehead atoms. The quantitative estimate of drug-likeness (QED) is 0.853. The average Bonchev–Trinajstić information content (AvgIpc) is 3.16. The van der Waals surface area contributed by atoms with Crippen molar-refractivity contribution in [2.45, 2.75) is 18.8 Å². The Balaban J connectivity index is 1.60. The molecular weight excluding hydrogens is 323 g/mol. The molecule has 24 heavy (non-hydrogen) atoms. The van der Waals surface area contributed by atoms with E-state index in [-0.39, 0.29) is 11.8 Å². The summed E-state index contributed by atoms with van der Waals surface area (Å²) in [6, 6.07) is 4.25. The summed E-state index contributed by atoms with van der Waals surface area (Å²) >= 11 is 0. The van der Waals surface area contributed by atoms with Crippen LogP contribution in [0.1, 0.15) is 6.42 Å². The summed E-state index contributed by atoms with van der Waals surface area (Å²) in [6.07, 6.45) is -1.57. The van der Waals surface area contributed by atoms with Crippen molar-refractivity contribution in [1.29, 1.82) is 5.26 Å². The molecule has 0 spiro atoms. The SMILES string of the molecule is N#CN1C[C@H]2CCN(c3nc4ccc(OC(F)(F)F)cc4[nH]3)[C@H]2C1. The van der Waals surface area contributed by atoms with Gasteiger partial charge in [-0.3, -0.25) is 0 Å². The molecule has 1 N–H and O–H groups in total. The van der Waals surface area contributed by atoms with Crippen molar-refractivity contribution in [2.24, 2.45) is 5.92 Å². The summed E-state index contributed by atoms with van der Waals surface area (Å²) in [7, 11) is 0. The predicted octanol–water partition coefficient (Wildman–Crippen LogP) is 2.45. The zero-order valence-electron chi connectivity index (χ0n) is 12.5. The fourth-order valence-electron chi connectivity index (χ4n) is 3.61. The number of hydrogen-bond donors (Lipinski definition) is 1. The third kappa shape index (κ3) is 2.58. The fourth-order valence-corrected chi connectivity index (χ4v) is 3.61. The zero-order valence-corrected chi connectivity index (χ0v) is 12.5. The number of nitrogens with one attached hydrogen (secondary N) is 1. The Morgan fingerprint density at radius 3 is 2.92 bits per heavy atom. The number of benzene rings is 1. The zero-order chi connectivity index (χ0) is 16.9. The van der Waals surface area contributed by atoms with Gasteiger partial charge in [0.15, 0.2) is 6.19 Å². The molecule has 2 aromatic rings. The molecule has 0 aliphatic carbocycles. The Morgan fingerprint density at radius 1 is 1.33 bits per heavy atom. The lowest BCUT2D eigenvalue weighted by Gasteiger charge is -2.22. The van der Waals surface area contributed by atoms with Crippen molar-refractivity contribution >= 4 is 17.0 Å². The number of aromatic amines is 1. The minimum absolute atomic E-state index is 0.205. The molecule has 0 unspecified atom stereocenters. The highest BCUT2D eigenvalue weighted by molar-refractivity contribution is 5.79. The van der Waals surface area contributed by atoms with Crippen LogP contribution in [-0.2, 0) is 0 Å². The number of ether oxygens (including phenoxy) is 1. The second kappa shape index (κ2) is 5.19. The van der Waals surface area contributed by atoms with Gasteiger partial charge in [-0.05, 0) is 18.6 Å². The van der Waals surface area contributed by atoms with Crippen LogP contribution in [-0.4, -0.2) is 46.9 Å². The highest BCUT2D eigenvalue weighted by Crippen LogP contribution is 2.35. The van der Waals surface area contributed by atoms with Crippen LogP contribution in [0.5, 0.6) is 5.75 Å². The summed E-state index contributed by atoms with van der Waals surface area (Å²) in [4.78, 5) is 11.4. The van der Waals surface area contributed by atoms with Gasteiger partial charge in [0.05, 0.1) is 17.1 Å². The van der Waals surface area contributed by atoms with E-state index in [4.69, 9.17) is 5.26 Å². The van der Waals surface area contributed by atoms with Crippen LogP contribution in [0.4, 0.5) is 19.1 Å². The second-order valence-electron chi connectivity index (χ2n) is 6.10. The third-order valence-corrected chi connectivity index (χ3v) is 4.64. The Morgan fingerprint density at radius 2 is 2.17 bits per heavy atom. The number of nitrogens with zero attached hydrogens (tertiary/aromatic N) is 4. The first kappa shape index (κ1) is 14.9. The summed E-state index contributed by atoms with van der Waals surface area (Å²) in [5, 5.41) is 9.04. The topological polar surface area (TPSA) is 68.2 Å². The van der Waals surface area contributed by atoms with Gasteiger partial charge in [0.25, 0.3) is 0 Å². The number of hydrogen-bond acceptors (Lipinski definition) is 5. The number of likely N-dealkylation sites (tertiary alicyclic amines) is 1. The number of nitriles is 1. The molecule has 3 heterocycles. The van der Waals surface area contributed by atoms with Crippen LogP contribution in [0, 0.1) is 17.4 Å². The monoisotopic (exact) mass is 337 g/mol. The fraction of sp³-hybridized carbons (Fsp3) is 0.467. The Labute approximate surface area is 135 Å². The van der Waals surface area contributed by atoms with Gasteiger partial charge < -0.3 is 19.5 Å². The lowest BCUT2D eigenvalue weighted by atomic mass is 10.1. The van der Waals surface area contributed by atoms with E-state index in [0.717, 1.165) is 19.5 Å². The van der Waals surface area contributed by atoms with Crippen molar-refractivity contribution in [3.8, 4) is 11.9 Å². The summed E-state index contributed by atoms with van der Waals surface area (Å²) < 4.78 is 40.9. The molecule has 126 valence electrons. The van der Waals surface area contributed by atoms with E-state index in [2.05, 4.69) is 25.8 Å². The molecular formula is C15H14F3N5O. The molecule has 2 saturated heterocycles. The second-order valence-corrected chi connectivity index (χ2v) is 6.10. The number of imidazole rings is 1. The number of halogens is 3. The van der Waals surface area contributed by atoms with Crippen molar-refractivity contribution in [1.82, 2.24) is 14.9 Å². The van der Waals surface area contributed by atoms with Gasteiger partial charge in [0.1, 0.15) is 5.75 Å². The Kier molecular flexibility index (Phi) is 3.23. The van der Waals surface area contributed by atoms with E-state index in [9.17, 15) is 13.2 Å². The van der Waals surface area contributed by atoms with Crippen molar-refractivity contribution in [2.75, 3.05) is 24.5 Å². The maximum Gasteiger partial charge on any atom is 0.573 e. The summed E-state index contributed by atoms with van der Waals surface area (Å²) in [6.45, 7) is 2.22. The molecule has 0 radical (unpaired) electrons. The molecule has 2 aliphatic heterocycles. The van der Waals surface area contributed by atoms with E-state index < -0.39 is 6.36 Å². The first-order chi connectivity index (χ1) is 11.4. The van der Waals surface area contributed by atoms with Crippen molar-refractivity contribution in [3.05, 3.63) is 18.2 Å². The van der Waals surface area contributed by atoms with Gasteiger partial charge in [0.2, 0.25) is 5.95 Å². The molecule has 2 fully saturated rings. The van der Waals surface area contributed by atoms with E-state index in [1.807, 2.05) is 0 Å². The molecule has 1 aromatic heterocycles. The molecule has 2 aliphatic rings. The maximum atomic E-state index is 12.3. The van der Waals surface area contributed by atoms with Gasteiger partial charge in [-0.1, -0.05) is 0 Å². The number of aromatic nitrogens is 2. The number of fused-ring (bicyclic) bond motifs is 2. The van der Waals surface area contributed by atoms with Gasteiger partial charge in [-0.15, -0.1) is 13.2 Å². The van der Waals surface area contributed by atoms with E-state index >= 15 is 0 Å². The predicted molar refractivity (Wildman–Crippen MR) is 79.2 cm³/mol. The van der Waals surface area contributed by atoms with Crippen LogP contribution < -0.4 is 9.64 Å². The normalized spacial score (nSPS) is 23.6. The number of H-pyrrole nitrogens is 1. The molecule has 1 aromatic carbocycles.